The molecule has 4 rings (SSSR count). The number of nitrogens with one attached hydrogen (secondary N) is 1. The van der Waals surface area contributed by atoms with Crippen molar-refractivity contribution in [2.24, 2.45) is 0 Å². The van der Waals surface area contributed by atoms with Crippen molar-refractivity contribution < 1.29 is 9.26 Å². The summed E-state index contributed by atoms with van der Waals surface area (Å²) in [5.74, 6) is 1.18. The van der Waals surface area contributed by atoms with E-state index in [4.69, 9.17) is 9.26 Å². The maximum atomic E-state index is 5.94. The second-order valence-electron chi connectivity index (χ2n) is 6.82. The van der Waals surface area contributed by atoms with E-state index in [0.29, 0.717) is 0 Å². The Labute approximate surface area is 152 Å². The van der Waals surface area contributed by atoms with E-state index in [-0.39, 0.29) is 12.0 Å². The lowest BCUT2D eigenvalue weighted by atomic mass is 10.00. The molecule has 1 fully saturated rings. The third kappa shape index (κ3) is 3.84. The summed E-state index contributed by atoms with van der Waals surface area (Å²) < 4.78 is 11.2. The summed E-state index contributed by atoms with van der Waals surface area (Å²) in [7, 11) is 2.10. The summed E-state index contributed by atoms with van der Waals surface area (Å²) in [5.41, 5.74) is 3.34. The summed E-state index contributed by atoms with van der Waals surface area (Å²) >= 11 is 0. The third-order valence-corrected chi connectivity index (χ3v) is 4.87. The second kappa shape index (κ2) is 7.80. The van der Waals surface area contributed by atoms with Crippen molar-refractivity contribution in [2.75, 3.05) is 20.2 Å². The summed E-state index contributed by atoms with van der Waals surface area (Å²) in [6.07, 6.45) is 5.17. The first kappa shape index (κ1) is 16.9. The Bertz CT molecular complexity index is 802. The van der Waals surface area contributed by atoms with Crippen molar-refractivity contribution in [3.63, 3.8) is 0 Å². The molecule has 2 aromatic heterocycles. The number of aromatic amines is 1. The van der Waals surface area contributed by atoms with Crippen LogP contribution < -0.4 is 0 Å². The predicted octanol–water partition coefficient (Wildman–Crippen LogP) is 2.39. The van der Waals surface area contributed by atoms with Gasteiger partial charge in [0.05, 0.1) is 11.8 Å². The van der Waals surface area contributed by atoms with Crippen molar-refractivity contribution in [3.05, 3.63) is 65.6 Å². The van der Waals surface area contributed by atoms with Gasteiger partial charge in [-0.1, -0.05) is 35.5 Å². The van der Waals surface area contributed by atoms with Gasteiger partial charge in [0.1, 0.15) is 18.4 Å². The van der Waals surface area contributed by atoms with E-state index in [9.17, 15) is 0 Å². The zero-order chi connectivity index (χ0) is 17.8. The summed E-state index contributed by atoms with van der Waals surface area (Å²) in [5, 5.41) is 11.1. The smallest absolute Gasteiger partial charge is 0.137 e. The Morgan fingerprint density at radius 1 is 1.27 bits per heavy atom. The van der Waals surface area contributed by atoms with Crippen LogP contribution in [0.25, 0.3) is 0 Å². The minimum Gasteiger partial charge on any atom is -0.376 e. The highest BCUT2D eigenvalue weighted by atomic mass is 16.5. The van der Waals surface area contributed by atoms with E-state index < -0.39 is 0 Å². The van der Waals surface area contributed by atoms with Crippen LogP contribution in [0.5, 0.6) is 0 Å². The number of ether oxygens (including phenoxy) is 1. The van der Waals surface area contributed by atoms with Gasteiger partial charge in [0, 0.05) is 37.6 Å². The number of aromatic nitrogens is 4. The van der Waals surface area contributed by atoms with Gasteiger partial charge in [-0.05, 0) is 19.0 Å². The van der Waals surface area contributed by atoms with Crippen molar-refractivity contribution in [3.8, 4) is 0 Å². The third-order valence-electron chi connectivity index (χ3n) is 4.87. The van der Waals surface area contributed by atoms with Crippen LogP contribution in [-0.4, -0.2) is 51.5 Å². The first-order chi connectivity index (χ1) is 12.8. The average Bonchev–Trinajstić information content (AvgIpc) is 3.38. The maximum absolute atomic E-state index is 5.94. The topological polar surface area (TPSA) is 80.1 Å². The molecule has 0 unspecified atom stereocenters. The fraction of sp³-hybridized carbons (Fsp3) is 0.421. The minimum atomic E-state index is 0.116. The zero-order valence-corrected chi connectivity index (χ0v) is 14.8. The molecule has 3 aromatic rings. The lowest BCUT2D eigenvalue weighted by Gasteiger charge is -2.23. The molecule has 0 spiro atoms. The Hall–Kier alpha value is -2.51. The fourth-order valence-electron chi connectivity index (χ4n) is 3.54. The van der Waals surface area contributed by atoms with Gasteiger partial charge < -0.3 is 9.26 Å². The molecule has 1 aromatic carbocycles. The van der Waals surface area contributed by atoms with Crippen molar-refractivity contribution >= 4 is 0 Å². The van der Waals surface area contributed by atoms with Crippen molar-refractivity contribution in [2.45, 2.75) is 31.4 Å². The van der Waals surface area contributed by atoms with E-state index in [0.717, 1.165) is 49.6 Å². The lowest BCUT2D eigenvalue weighted by Crippen LogP contribution is -2.32. The average molecular weight is 353 g/mol. The number of H-pyrrole nitrogens is 1. The Morgan fingerprint density at radius 2 is 2.15 bits per heavy atom. The van der Waals surface area contributed by atoms with Gasteiger partial charge in [0.25, 0.3) is 0 Å². The molecular weight excluding hydrogens is 330 g/mol. The molecule has 136 valence electrons. The zero-order valence-electron chi connectivity index (χ0n) is 14.8. The number of hydrogen-bond acceptors (Lipinski definition) is 6. The minimum absolute atomic E-state index is 0.116. The first-order valence-corrected chi connectivity index (χ1v) is 8.91. The van der Waals surface area contributed by atoms with Crippen LogP contribution in [0.15, 0.2) is 47.4 Å². The standard InChI is InChI=1S/C19H23N5O2/c1-24(11-18-16(7-8-25-18)19-20-13-21-22-19)10-15-12-26-23-17(15)9-14-5-3-2-4-6-14/h2-6,12-13,16,18H,7-11H2,1H3,(H,20,21,22)/t16-,18-/m1/s1. The summed E-state index contributed by atoms with van der Waals surface area (Å²) in [4.78, 5) is 6.55. The van der Waals surface area contributed by atoms with Gasteiger partial charge in [-0.25, -0.2) is 4.98 Å². The van der Waals surface area contributed by atoms with Crippen LogP contribution in [0.4, 0.5) is 0 Å². The largest absolute Gasteiger partial charge is 0.376 e. The summed E-state index contributed by atoms with van der Waals surface area (Å²) in [6, 6.07) is 10.3. The molecule has 0 aliphatic carbocycles. The maximum Gasteiger partial charge on any atom is 0.137 e. The molecule has 3 heterocycles. The molecule has 1 saturated heterocycles. The normalized spacial score (nSPS) is 20.1. The Morgan fingerprint density at radius 3 is 2.96 bits per heavy atom. The number of hydrogen-bond donors (Lipinski definition) is 1. The number of benzene rings is 1. The quantitative estimate of drug-likeness (QED) is 0.702. The molecule has 1 N–H and O–H groups in total. The van der Waals surface area contributed by atoms with Gasteiger partial charge in [0.2, 0.25) is 0 Å². The predicted molar refractivity (Wildman–Crippen MR) is 95.6 cm³/mol. The fourth-order valence-corrected chi connectivity index (χ4v) is 3.54. The Kier molecular flexibility index (Phi) is 5.08. The highest BCUT2D eigenvalue weighted by molar-refractivity contribution is 5.25. The van der Waals surface area contributed by atoms with Crippen LogP contribution in [0.1, 0.15) is 35.0 Å². The lowest BCUT2D eigenvalue weighted by molar-refractivity contribution is 0.0710. The van der Waals surface area contributed by atoms with Crippen LogP contribution in [0.2, 0.25) is 0 Å². The van der Waals surface area contributed by atoms with Gasteiger partial charge in [-0.2, -0.15) is 5.10 Å². The van der Waals surface area contributed by atoms with Crippen LogP contribution in [0.3, 0.4) is 0 Å². The van der Waals surface area contributed by atoms with Gasteiger partial charge >= 0.3 is 0 Å². The number of likely N-dealkylation sites (N-methyl/N-ethyl adjacent to an activating group) is 1. The molecule has 0 radical (unpaired) electrons. The molecule has 7 nitrogen and oxygen atoms in total. The number of nitrogens with zero attached hydrogens (tertiary/aromatic N) is 4. The molecule has 7 heteroatoms. The van der Waals surface area contributed by atoms with E-state index >= 15 is 0 Å². The second-order valence-corrected chi connectivity index (χ2v) is 6.82. The molecule has 0 bridgehead atoms. The Balaban J connectivity index is 1.38. The molecule has 1 aliphatic rings. The van der Waals surface area contributed by atoms with Crippen molar-refractivity contribution in [1.82, 2.24) is 25.2 Å². The summed E-state index contributed by atoms with van der Waals surface area (Å²) in [6.45, 7) is 2.35. The van der Waals surface area contributed by atoms with E-state index in [1.165, 1.54) is 5.56 Å². The van der Waals surface area contributed by atoms with Crippen LogP contribution >= 0.6 is 0 Å². The molecule has 26 heavy (non-hydrogen) atoms. The highest BCUT2D eigenvalue weighted by Crippen LogP contribution is 2.29. The molecule has 0 saturated carbocycles. The van der Waals surface area contributed by atoms with E-state index in [2.05, 4.69) is 44.4 Å². The van der Waals surface area contributed by atoms with Crippen molar-refractivity contribution in [1.29, 1.82) is 0 Å². The highest BCUT2D eigenvalue weighted by Gasteiger charge is 2.32. The van der Waals surface area contributed by atoms with Crippen LogP contribution in [-0.2, 0) is 17.7 Å². The molecule has 1 aliphatic heterocycles. The molecule has 0 amide bonds. The van der Waals surface area contributed by atoms with Gasteiger partial charge in [0.15, 0.2) is 0 Å². The van der Waals surface area contributed by atoms with Gasteiger partial charge in [-0.3, -0.25) is 10.00 Å². The monoisotopic (exact) mass is 353 g/mol. The SMILES string of the molecule is CN(Cc1conc1Cc1ccccc1)C[C@H]1OCC[C@H]1c1ncn[nH]1. The van der Waals surface area contributed by atoms with Gasteiger partial charge in [-0.15, -0.1) is 0 Å². The van der Waals surface area contributed by atoms with E-state index in [1.807, 2.05) is 18.2 Å². The van der Waals surface area contributed by atoms with E-state index in [1.54, 1.807) is 12.6 Å². The number of rotatable bonds is 7. The van der Waals surface area contributed by atoms with Crippen LogP contribution in [0, 0.1) is 0 Å². The first-order valence-electron chi connectivity index (χ1n) is 8.91. The molecular formula is C19H23N5O2. The molecule has 2 atom stereocenters.